The van der Waals surface area contributed by atoms with E-state index in [1.54, 1.807) is 0 Å². The maximum absolute atomic E-state index is 12.0. The minimum atomic E-state index is -0.838. The zero-order valence-corrected chi connectivity index (χ0v) is 11.3. The van der Waals surface area contributed by atoms with Crippen LogP contribution >= 0.6 is 0 Å². The number of H-pyrrole nitrogens is 1. The number of amidine groups is 1. The predicted octanol–water partition coefficient (Wildman–Crippen LogP) is 1.57. The number of hydrogen-bond donors (Lipinski definition) is 4. The third-order valence-corrected chi connectivity index (χ3v) is 3.10. The fourth-order valence-corrected chi connectivity index (χ4v) is 2.03. The van der Waals surface area contributed by atoms with Crippen LogP contribution in [0.4, 0.5) is 0 Å². The van der Waals surface area contributed by atoms with E-state index in [9.17, 15) is 9.59 Å². The number of carbonyl (C=O) groups is 2. The lowest BCUT2D eigenvalue weighted by atomic mass is 9.91. The molecule has 0 aliphatic rings. The summed E-state index contributed by atoms with van der Waals surface area (Å²) in [5.74, 6) is -0.766. The maximum atomic E-state index is 12.0. The zero-order chi connectivity index (χ0) is 15.0. The Morgan fingerprint density at radius 2 is 2.15 bits per heavy atom. The summed E-state index contributed by atoms with van der Waals surface area (Å²) in [5, 5.41) is 15.9. The zero-order valence-electron chi connectivity index (χ0n) is 11.3. The third kappa shape index (κ3) is 6.12. The number of carboxylic acid groups (broad SMARTS) is 1. The van der Waals surface area contributed by atoms with Crippen molar-refractivity contribution in [3.8, 4) is 0 Å². The van der Waals surface area contributed by atoms with Crippen LogP contribution in [0.25, 0.3) is 0 Å². The average Bonchev–Trinajstić information content (AvgIpc) is 2.88. The van der Waals surface area contributed by atoms with Crippen LogP contribution in [0.5, 0.6) is 0 Å². The van der Waals surface area contributed by atoms with Gasteiger partial charge in [0.2, 0.25) is 0 Å². The molecule has 5 N–H and O–H groups in total. The van der Waals surface area contributed by atoms with E-state index in [1.165, 1.54) is 12.5 Å². The molecule has 110 valence electrons. The van der Waals surface area contributed by atoms with Crippen LogP contribution < -0.4 is 5.73 Å². The average molecular weight is 280 g/mol. The summed E-state index contributed by atoms with van der Waals surface area (Å²) in [6.07, 6.45) is 5.53. The van der Waals surface area contributed by atoms with Gasteiger partial charge in [0, 0.05) is 19.3 Å². The normalized spacial score (nSPS) is 12.0. The van der Waals surface area contributed by atoms with Gasteiger partial charge >= 0.3 is 5.97 Å². The lowest BCUT2D eigenvalue weighted by Gasteiger charge is -2.15. The fraction of sp³-hybridized carbons (Fsp3) is 0.538. The van der Waals surface area contributed by atoms with Crippen LogP contribution in [0.1, 0.15) is 49.0 Å². The Kier molecular flexibility index (Phi) is 6.42. The molecule has 0 aromatic carbocycles. The van der Waals surface area contributed by atoms with Crippen molar-refractivity contribution in [1.29, 1.82) is 5.41 Å². The molecule has 0 spiro atoms. The van der Waals surface area contributed by atoms with Crippen molar-refractivity contribution in [2.45, 2.75) is 38.5 Å². The Labute approximate surface area is 117 Å². The molecule has 1 atom stereocenters. The Morgan fingerprint density at radius 3 is 2.70 bits per heavy atom. The minimum absolute atomic E-state index is 0.0362. The first kappa shape index (κ1) is 15.9. The van der Waals surface area contributed by atoms with Crippen LogP contribution in [-0.2, 0) is 4.79 Å². The van der Waals surface area contributed by atoms with E-state index < -0.39 is 5.97 Å². The molecule has 7 nitrogen and oxygen atoms in total. The van der Waals surface area contributed by atoms with E-state index in [-0.39, 0.29) is 24.0 Å². The van der Waals surface area contributed by atoms with Crippen molar-refractivity contribution in [2.75, 3.05) is 0 Å². The summed E-state index contributed by atoms with van der Waals surface area (Å²) in [4.78, 5) is 29.1. The molecule has 1 rings (SSSR count). The van der Waals surface area contributed by atoms with Crippen LogP contribution in [0.2, 0.25) is 0 Å². The summed E-state index contributed by atoms with van der Waals surface area (Å²) in [6, 6.07) is 0. The molecule has 0 saturated heterocycles. The Balaban J connectivity index is 2.50. The molecule has 0 saturated carbocycles. The first-order valence-electron chi connectivity index (χ1n) is 6.55. The predicted molar refractivity (Wildman–Crippen MR) is 73.7 cm³/mol. The van der Waals surface area contributed by atoms with Crippen molar-refractivity contribution in [3.05, 3.63) is 18.2 Å². The number of nitrogens with two attached hydrogens (primary N) is 1. The number of ketones is 1. The highest BCUT2D eigenvalue weighted by atomic mass is 16.4. The number of rotatable bonds is 10. The van der Waals surface area contributed by atoms with E-state index in [4.69, 9.17) is 16.2 Å². The summed E-state index contributed by atoms with van der Waals surface area (Å²) in [6.45, 7) is 0. The molecule has 0 radical (unpaired) electrons. The fourth-order valence-electron chi connectivity index (χ4n) is 2.03. The van der Waals surface area contributed by atoms with Gasteiger partial charge in [-0.2, -0.15) is 0 Å². The standard InChI is InChI=1S/C13H20N4O3/c14-12(15)5-4-9(2-1-3-13(19)20)6-11(18)10-7-16-8-17-10/h7-9H,1-6H2,(H3,14,15)(H,16,17)(H,19,20). The highest BCUT2D eigenvalue weighted by Crippen LogP contribution is 2.20. The number of hydrogen-bond acceptors (Lipinski definition) is 4. The van der Waals surface area contributed by atoms with Gasteiger partial charge in [-0.25, -0.2) is 4.98 Å². The van der Waals surface area contributed by atoms with Crippen molar-refractivity contribution in [3.63, 3.8) is 0 Å². The van der Waals surface area contributed by atoms with E-state index in [1.807, 2.05) is 0 Å². The summed E-state index contributed by atoms with van der Waals surface area (Å²) in [7, 11) is 0. The molecule has 0 fully saturated rings. The molecular formula is C13H20N4O3. The quantitative estimate of drug-likeness (QED) is 0.293. The van der Waals surface area contributed by atoms with Gasteiger partial charge in [0.05, 0.1) is 18.4 Å². The molecule has 1 unspecified atom stereocenters. The van der Waals surface area contributed by atoms with Crippen molar-refractivity contribution < 1.29 is 14.7 Å². The SMILES string of the molecule is N=C(N)CCC(CCCC(=O)O)CC(=O)c1cnc[nH]1. The molecule has 0 aliphatic heterocycles. The Bertz CT molecular complexity index is 456. The molecule has 7 heteroatoms. The second-order valence-corrected chi connectivity index (χ2v) is 4.81. The molecule has 0 amide bonds. The van der Waals surface area contributed by atoms with Gasteiger partial charge in [0.1, 0.15) is 5.69 Å². The van der Waals surface area contributed by atoms with Crippen LogP contribution in [0.3, 0.4) is 0 Å². The monoisotopic (exact) mass is 280 g/mol. The second-order valence-electron chi connectivity index (χ2n) is 4.81. The molecule has 1 aromatic rings. The van der Waals surface area contributed by atoms with E-state index >= 15 is 0 Å². The number of aromatic amines is 1. The highest BCUT2D eigenvalue weighted by molar-refractivity contribution is 5.94. The van der Waals surface area contributed by atoms with Crippen LogP contribution in [-0.4, -0.2) is 32.7 Å². The molecular weight excluding hydrogens is 260 g/mol. The van der Waals surface area contributed by atoms with Crippen LogP contribution in [0.15, 0.2) is 12.5 Å². The Hall–Kier alpha value is -2.18. The number of aromatic nitrogens is 2. The van der Waals surface area contributed by atoms with Crippen molar-refractivity contribution in [2.24, 2.45) is 11.7 Å². The number of carbonyl (C=O) groups excluding carboxylic acids is 1. The Morgan fingerprint density at radius 1 is 1.40 bits per heavy atom. The summed E-state index contributed by atoms with van der Waals surface area (Å²) < 4.78 is 0. The van der Waals surface area contributed by atoms with E-state index in [2.05, 4.69) is 9.97 Å². The lowest BCUT2D eigenvalue weighted by molar-refractivity contribution is -0.137. The van der Waals surface area contributed by atoms with Gasteiger partial charge in [0.25, 0.3) is 0 Å². The third-order valence-electron chi connectivity index (χ3n) is 3.10. The number of Topliss-reactive ketones (excluding diaryl/α,β-unsaturated/α-hetero) is 1. The molecule has 20 heavy (non-hydrogen) atoms. The second kappa shape index (κ2) is 8.08. The largest absolute Gasteiger partial charge is 0.481 e. The van der Waals surface area contributed by atoms with Gasteiger partial charge in [-0.05, 0) is 25.2 Å². The number of nitrogens with zero attached hydrogens (tertiary/aromatic N) is 1. The van der Waals surface area contributed by atoms with E-state index in [0.717, 1.165) is 0 Å². The van der Waals surface area contributed by atoms with Gasteiger partial charge in [-0.3, -0.25) is 15.0 Å². The van der Waals surface area contributed by atoms with Gasteiger partial charge in [-0.15, -0.1) is 0 Å². The number of nitrogens with one attached hydrogen (secondary N) is 2. The topological polar surface area (TPSA) is 133 Å². The van der Waals surface area contributed by atoms with Gasteiger partial charge in [0.15, 0.2) is 5.78 Å². The molecule has 1 aromatic heterocycles. The maximum Gasteiger partial charge on any atom is 0.303 e. The lowest BCUT2D eigenvalue weighted by Crippen LogP contribution is -2.15. The number of aliphatic carboxylic acids is 1. The smallest absolute Gasteiger partial charge is 0.303 e. The minimum Gasteiger partial charge on any atom is -0.481 e. The number of carboxylic acids is 1. The van der Waals surface area contributed by atoms with Crippen LogP contribution in [0, 0.1) is 11.3 Å². The van der Waals surface area contributed by atoms with Gasteiger partial charge in [-0.1, -0.05) is 0 Å². The van der Waals surface area contributed by atoms with Gasteiger partial charge < -0.3 is 15.8 Å². The summed E-state index contributed by atoms with van der Waals surface area (Å²) >= 11 is 0. The first-order valence-corrected chi connectivity index (χ1v) is 6.55. The van der Waals surface area contributed by atoms with Crippen molar-refractivity contribution >= 4 is 17.6 Å². The molecule has 0 aliphatic carbocycles. The molecule has 0 bridgehead atoms. The van der Waals surface area contributed by atoms with Crippen molar-refractivity contribution in [1.82, 2.24) is 9.97 Å². The number of imidazole rings is 1. The summed E-state index contributed by atoms with van der Waals surface area (Å²) in [5.41, 5.74) is 5.79. The highest BCUT2D eigenvalue weighted by Gasteiger charge is 2.17. The molecule has 1 heterocycles. The first-order chi connectivity index (χ1) is 9.49. The van der Waals surface area contributed by atoms with E-state index in [0.29, 0.717) is 37.8 Å².